The second kappa shape index (κ2) is 12.1. The summed E-state index contributed by atoms with van der Waals surface area (Å²) < 4.78 is 14.6. The summed E-state index contributed by atoms with van der Waals surface area (Å²) in [6.07, 6.45) is 1.96. The van der Waals surface area contributed by atoms with Crippen LogP contribution in [-0.4, -0.2) is 76.8 Å². The normalized spacial score (nSPS) is 14.5. The summed E-state index contributed by atoms with van der Waals surface area (Å²) in [5, 5.41) is 9.40. The molecule has 3 aromatic heterocycles. The number of thiazole rings is 1. The molecule has 1 fully saturated rings. The average Bonchev–Trinajstić information content (AvgIpc) is 3.68. The van der Waals surface area contributed by atoms with Gasteiger partial charge in [0.2, 0.25) is 0 Å². The molecule has 1 aliphatic heterocycles. The highest BCUT2D eigenvalue weighted by Crippen LogP contribution is 2.30. The first-order valence-corrected chi connectivity index (χ1v) is 15.1. The number of benzene rings is 2. The van der Waals surface area contributed by atoms with Gasteiger partial charge in [0, 0.05) is 61.7 Å². The van der Waals surface area contributed by atoms with Crippen LogP contribution in [0, 0.1) is 11.8 Å². The van der Waals surface area contributed by atoms with Crippen LogP contribution in [-0.2, 0) is 5.41 Å². The first-order valence-electron chi connectivity index (χ1n) is 14.3. The Kier molecular flexibility index (Phi) is 8.08. The summed E-state index contributed by atoms with van der Waals surface area (Å²) in [6.45, 7) is 12.1. The minimum Gasteiger partial charge on any atom is -0.492 e. The quantitative estimate of drug-likeness (QED) is 0.249. The molecule has 11 heteroatoms. The largest absolute Gasteiger partial charge is 0.492 e. The number of carbonyl (C=O) groups is 1. The summed E-state index contributed by atoms with van der Waals surface area (Å²) >= 11 is 1.62. The number of carbonyl (C=O) groups excluding carboxylic acids is 1. The maximum atomic E-state index is 12.4. The van der Waals surface area contributed by atoms with Crippen LogP contribution in [0.25, 0.3) is 15.2 Å². The van der Waals surface area contributed by atoms with Crippen LogP contribution in [0.3, 0.4) is 0 Å². The van der Waals surface area contributed by atoms with E-state index in [9.17, 15) is 4.79 Å². The fraction of sp³-hybridized carbons (Fsp3) is 0.344. The van der Waals surface area contributed by atoms with Crippen molar-refractivity contribution in [1.82, 2.24) is 24.3 Å². The number of nitrogens with zero attached hydrogens (tertiary/aromatic N) is 5. The van der Waals surface area contributed by atoms with Gasteiger partial charge in [-0.3, -0.25) is 14.6 Å². The lowest BCUT2D eigenvalue weighted by atomic mass is 9.93. The first kappa shape index (κ1) is 28.7. The molecule has 6 rings (SSSR count). The van der Waals surface area contributed by atoms with Crippen molar-refractivity contribution in [1.29, 1.82) is 0 Å². The highest BCUT2D eigenvalue weighted by atomic mass is 32.1. The van der Waals surface area contributed by atoms with E-state index in [0.29, 0.717) is 29.6 Å². The molecule has 0 radical (unpaired) electrons. The summed E-state index contributed by atoms with van der Waals surface area (Å²) in [6, 6.07) is 14.8. The Morgan fingerprint density at radius 3 is 2.58 bits per heavy atom. The fourth-order valence-corrected chi connectivity index (χ4v) is 5.77. The molecule has 0 aliphatic carbocycles. The van der Waals surface area contributed by atoms with Crippen LogP contribution >= 0.6 is 11.3 Å². The SMILES string of the molecule is CN1CCN(CCOc2ccc3c(c2)sc2nc(C#Cc4ccc(NC(=O)Nc5cc(C(C)(C)C)on5)cc4)cn23)CC1. The molecule has 0 saturated carbocycles. The molecule has 0 spiro atoms. The summed E-state index contributed by atoms with van der Waals surface area (Å²) in [4.78, 5) is 22.8. The third-order valence-electron chi connectivity index (χ3n) is 7.31. The van der Waals surface area contributed by atoms with Crippen molar-refractivity contribution in [3.8, 4) is 17.6 Å². The predicted molar refractivity (Wildman–Crippen MR) is 170 cm³/mol. The highest BCUT2D eigenvalue weighted by molar-refractivity contribution is 7.23. The molecule has 43 heavy (non-hydrogen) atoms. The lowest BCUT2D eigenvalue weighted by molar-refractivity contribution is 0.134. The maximum Gasteiger partial charge on any atom is 0.324 e. The van der Waals surface area contributed by atoms with Crippen LogP contribution < -0.4 is 15.4 Å². The van der Waals surface area contributed by atoms with Gasteiger partial charge in [0.15, 0.2) is 10.8 Å². The summed E-state index contributed by atoms with van der Waals surface area (Å²) in [5.41, 5.74) is 3.05. The van der Waals surface area contributed by atoms with Gasteiger partial charge >= 0.3 is 6.03 Å². The Balaban J connectivity index is 1.04. The number of imidazole rings is 1. The maximum absolute atomic E-state index is 12.4. The van der Waals surface area contributed by atoms with Gasteiger partial charge in [0.1, 0.15) is 23.8 Å². The van der Waals surface area contributed by atoms with Gasteiger partial charge in [-0.15, -0.1) is 0 Å². The van der Waals surface area contributed by atoms with Gasteiger partial charge in [-0.25, -0.2) is 9.78 Å². The lowest BCUT2D eigenvalue weighted by Gasteiger charge is -2.32. The number of rotatable bonds is 6. The van der Waals surface area contributed by atoms with E-state index in [2.05, 4.69) is 61.0 Å². The number of hydrogen-bond donors (Lipinski definition) is 2. The van der Waals surface area contributed by atoms with Gasteiger partial charge in [0.25, 0.3) is 0 Å². The van der Waals surface area contributed by atoms with Crippen molar-refractivity contribution in [2.24, 2.45) is 0 Å². The molecule has 0 bridgehead atoms. The van der Waals surface area contributed by atoms with Crippen LogP contribution in [0.1, 0.15) is 37.8 Å². The topological polar surface area (TPSA) is 100 Å². The zero-order valence-corrected chi connectivity index (χ0v) is 25.6. The standard InChI is InChI=1S/C32H35N7O3S/c1-32(2,3)28-20-29(36-42-28)35-30(40)33-23-8-5-22(6-9-23)7-10-24-21-39-26-12-11-25(19-27(26)43-31(39)34-24)41-18-17-38-15-13-37(4)14-16-38/h5-6,8-9,11-12,19-21H,13-18H2,1-4H3,(H2,33,35,36,40). The van der Waals surface area contributed by atoms with Gasteiger partial charge in [0.05, 0.1) is 10.2 Å². The van der Waals surface area contributed by atoms with E-state index < -0.39 is 6.03 Å². The van der Waals surface area contributed by atoms with Crippen molar-refractivity contribution < 1.29 is 14.1 Å². The van der Waals surface area contributed by atoms with Crippen LogP contribution in [0.5, 0.6) is 5.75 Å². The average molecular weight is 598 g/mol. The number of hydrogen-bond acceptors (Lipinski definition) is 8. The Morgan fingerprint density at radius 2 is 1.84 bits per heavy atom. The lowest BCUT2D eigenvalue weighted by Crippen LogP contribution is -2.45. The van der Waals surface area contributed by atoms with E-state index in [-0.39, 0.29) is 5.41 Å². The third-order valence-corrected chi connectivity index (χ3v) is 8.32. The van der Waals surface area contributed by atoms with Gasteiger partial charge in [-0.05, 0) is 55.4 Å². The van der Waals surface area contributed by atoms with E-state index in [4.69, 9.17) is 14.2 Å². The molecule has 0 atom stereocenters. The highest BCUT2D eigenvalue weighted by Gasteiger charge is 2.20. The smallest absolute Gasteiger partial charge is 0.324 e. The first-order chi connectivity index (χ1) is 20.7. The van der Waals surface area contributed by atoms with Crippen LogP contribution in [0.2, 0.25) is 0 Å². The molecule has 2 N–H and O–H groups in total. The summed E-state index contributed by atoms with van der Waals surface area (Å²) in [7, 11) is 2.17. The van der Waals surface area contributed by atoms with Crippen LogP contribution in [0.4, 0.5) is 16.3 Å². The molecule has 4 heterocycles. The van der Waals surface area contributed by atoms with Crippen molar-refractivity contribution in [3.63, 3.8) is 0 Å². The number of fused-ring (bicyclic) bond motifs is 3. The molecular formula is C32H35N7O3S. The minimum atomic E-state index is -0.401. The predicted octanol–water partition coefficient (Wildman–Crippen LogP) is 5.50. The molecule has 222 valence electrons. The number of anilines is 2. The van der Waals surface area contributed by atoms with E-state index in [0.717, 1.165) is 59.2 Å². The van der Waals surface area contributed by atoms with Crippen molar-refractivity contribution in [3.05, 3.63) is 71.7 Å². The molecule has 10 nitrogen and oxygen atoms in total. The number of aromatic nitrogens is 3. The van der Waals surface area contributed by atoms with Crippen molar-refractivity contribution in [2.45, 2.75) is 26.2 Å². The molecule has 2 aromatic carbocycles. The zero-order valence-electron chi connectivity index (χ0n) is 24.8. The number of urea groups is 1. The Labute approximate surface area is 254 Å². The zero-order chi connectivity index (χ0) is 30.0. The molecule has 1 saturated heterocycles. The van der Waals surface area contributed by atoms with E-state index in [1.165, 1.54) is 0 Å². The van der Waals surface area contributed by atoms with Crippen molar-refractivity contribution in [2.75, 3.05) is 57.0 Å². The third kappa shape index (κ3) is 7.00. The number of piperazine rings is 1. The number of amides is 2. The molecule has 5 aromatic rings. The van der Waals surface area contributed by atoms with Gasteiger partial charge < -0.3 is 19.5 Å². The second-order valence-electron chi connectivity index (χ2n) is 11.7. The molecular weight excluding hydrogens is 562 g/mol. The second-order valence-corrected chi connectivity index (χ2v) is 12.7. The van der Waals surface area contributed by atoms with E-state index in [1.54, 1.807) is 29.5 Å². The van der Waals surface area contributed by atoms with E-state index in [1.807, 2.05) is 45.2 Å². The number of ether oxygens (including phenoxy) is 1. The monoisotopic (exact) mass is 597 g/mol. The van der Waals surface area contributed by atoms with Crippen molar-refractivity contribution >= 4 is 44.1 Å². The summed E-state index contributed by atoms with van der Waals surface area (Å²) in [5.74, 6) is 8.26. The fourth-order valence-electron chi connectivity index (χ4n) is 4.73. The number of likely N-dealkylation sites (N-methyl/N-ethyl adjacent to an activating group) is 1. The number of nitrogens with one attached hydrogen (secondary N) is 2. The minimum absolute atomic E-state index is 0.190. The van der Waals surface area contributed by atoms with Crippen LogP contribution in [0.15, 0.2) is 59.3 Å². The van der Waals surface area contributed by atoms with E-state index >= 15 is 0 Å². The van der Waals surface area contributed by atoms with Gasteiger partial charge in [-0.2, -0.15) is 0 Å². The molecule has 2 amide bonds. The molecule has 0 unspecified atom stereocenters. The Bertz CT molecular complexity index is 1800. The Hall–Kier alpha value is -4.37. The Morgan fingerprint density at radius 1 is 1.05 bits per heavy atom. The molecule has 1 aliphatic rings. The van der Waals surface area contributed by atoms with Gasteiger partial charge in [-0.1, -0.05) is 43.2 Å².